The molecule has 0 radical (unpaired) electrons. The Hall–Kier alpha value is -0.760. The van der Waals surface area contributed by atoms with E-state index in [1.54, 1.807) is 12.1 Å². The molecule has 0 saturated heterocycles. The highest BCUT2D eigenvalue weighted by atomic mass is 79.9. The van der Waals surface area contributed by atoms with E-state index in [4.69, 9.17) is 28.3 Å². The van der Waals surface area contributed by atoms with Gasteiger partial charge in [-0.25, -0.2) is 8.78 Å². The lowest BCUT2D eigenvalue weighted by molar-refractivity contribution is 0.285. The summed E-state index contributed by atoms with van der Waals surface area (Å²) >= 11 is 18.0. The van der Waals surface area contributed by atoms with E-state index in [9.17, 15) is 8.78 Å². The Bertz CT molecular complexity index is 914. The van der Waals surface area contributed by atoms with Gasteiger partial charge in [0.1, 0.15) is 11.6 Å². The second-order valence-electron chi connectivity index (χ2n) is 5.26. The van der Waals surface area contributed by atoms with Crippen LogP contribution in [0, 0.1) is 11.6 Å². The fourth-order valence-corrected chi connectivity index (χ4v) is 5.29. The van der Waals surface area contributed by atoms with Gasteiger partial charge in [-0.2, -0.15) is 0 Å². The molecule has 2 aromatic carbocycles. The Morgan fingerprint density at radius 2 is 1.31 bits per heavy atom. The van der Waals surface area contributed by atoms with Gasteiger partial charge >= 0.3 is 0 Å². The molecule has 26 heavy (non-hydrogen) atoms. The standard InChI is InChI=1S/C9H5BrClFS.C9H6ClFOS/c10-4-5-3-6-8(12)2-1-7(11)9(6)13-5;10-7-1-2-8(11)6-3-5(4-12)13-9(6)7/h1-3H,4H2;1-3,12H,4H2. The van der Waals surface area contributed by atoms with Crippen molar-refractivity contribution in [2.75, 3.05) is 0 Å². The lowest BCUT2D eigenvalue weighted by Gasteiger charge is -1.93. The third kappa shape index (κ3) is 4.06. The van der Waals surface area contributed by atoms with E-state index in [0.717, 1.165) is 19.8 Å². The van der Waals surface area contributed by atoms with E-state index in [1.807, 2.05) is 6.07 Å². The fraction of sp³-hybridized carbons (Fsp3) is 0.111. The van der Waals surface area contributed by atoms with Gasteiger partial charge in [0.15, 0.2) is 0 Å². The van der Waals surface area contributed by atoms with Crippen LogP contribution in [0.3, 0.4) is 0 Å². The number of hydrogen-bond donors (Lipinski definition) is 1. The molecule has 0 atom stereocenters. The molecule has 0 fully saturated rings. The number of benzene rings is 2. The molecule has 4 aromatic rings. The smallest absolute Gasteiger partial charge is 0.131 e. The van der Waals surface area contributed by atoms with Gasteiger partial charge in [0, 0.05) is 25.9 Å². The minimum atomic E-state index is -0.296. The van der Waals surface area contributed by atoms with Crippen molar-refractivity contribution in [3.05, 3.63) is 67.8 Å². The van der Waals surface area contributed by atoms with Crippen LogP contribution in [0.25, 0.3) is 20.2 Å². The zero-order valence-electron chi connectivity index (χ0n) is 13.0. The predicted molar refractivity (Wildman–Crippen MR) is 112 cm³/mol. The molecule has 0 saturated carbocycles. The molecule has 1 N–H and O–H groups in total. The van der Waals surface area contributed by atoms with Crippen LogP contribution in [0.2, 0.25) is 10.0 Å². The normalized spacial score (nSPS) is 11.0. The SMILES string of the molecule is Fc1ccc(Cl)c2sc(CBr)cc12.OCc1cc2c(F)ccc(Cl)c2s1. The maximum Gasteiger partial charge on any atom is 0.131 e. The molecule has 0 spiro atoms. The van der Waals surface area contributed by atoms with E-state index in [1.165, 1.54) is 40.9 Å². The number of thiophene rings is 2. The first kappa shape index (κ1) is 20.0. The molecule has 2 aromatic heterocycles. The lowest BCUT2D eigenvalue weighted by atomic mass is 10.2. The number of hydrogen-bond acceptors (Lipinski definition) is 3. The molecule has 2 heterocycles. The molecular formula is C18H11BrCl2F2OS2. The van der Waals surface area contributed by atoms with Crippen LogP contribution >= 0.6 is 61.8 Å². The van der Waals surface area contributed by atoms with Crippen LogP contribution in [0.5, 0.6) is 0 Å². The summed E-state index contributed by atoms with van der Waals surface area (Å²) in [6, 6.07) is 9.30. The highest BCUT2D eigenvalue weighted by Crippen LogP contribution is 2.35. The summed E-state index contributed by atoms with van der Waals surface area (Å²) < 4.78 is 28.0. The minimum absolute atomic E-state index is 0.0743. The summed E-state index contributed by atoms with van der Waals surface area (Å²) in [6.45, 7) is -0.0743. The molecule has 8 heteroatoms. The molecule has 0 bridgehead atoms. The minimum Gasteiger partial charge on any atom is -0.391 e. The van der Waals surface area contributed by atoms with Gasteiger partial charge in [-0.3, -0.25) is 0 Å². The Morgan fingerprint density at radius 1 is 0.846 bits per heavy atom. The number of aliphatic hydroxyl groups excluding tert-OH is 1. The van der Waals surface area contributed by atoms with Gasteiger partial charge in [0.2, 0.25) is 0 Å². The van der Waals surface area contributed by atoms with E-state index in [-0.39, 0.29) is 18.2 Å². The van der Waals surface area contributed by atoms with Crippen molar-refractivity contribution in [2.45, 2.75) is 11.9 Å². The van der Waals surface area contributed by atoms with Crippen molar-refractivity contribution in [3.63, 3.8) is 0 Å². The summed E-state index contributed by atoms with van der Waals surface area (Å²) in [5, 5.41) is 11.9. The summed E-state index contributed by atoms with van der Waals surface area (Å²) in [6.07, 6.45) is 0. The molecule has 0 aliphatic heterocycles. The van der Waals surface area contributed by atoms with Crippen molar-refractivity contribution in [2.24, 2.45) is 0 Å². The Morgan fingerprint density at radius 3 is 1.73 bits per heavy atom. The maximum atomic E-state index is 13.2. The first-order valence-corrected chi connectivity index (χ1v) is 10.8. The number of halogens is 5. The number of alkyl halides is 1. The van der Waals surface area contributed by atoms with Crippen LogP contribution in [0.15, 0.2) is 36.4 Å². The van der Waals surface area contributed by atoms with Gasteiger partial charge in [-0.05, 0) is 36.4 Å². The van der Waals surface area contributed by atoms with Crippen LogP contribution in [0.1, 0.15) is 9.75 Å². The number of rotatable bonds is 2. The largest absolute Gasteiger partial charge is 0.391 e. The second-order valence-corrected chi connectivity index (χ2v) is 8.91. The third-order valence-corrected chi connectivity index (χ3v) is 7.70. The van der Waals surface area contributed by atoms with Crippen LogP contribution in [0.4, 0.5) is 8.78 Å². The Kier molecular flexibility index (Phi) is 6.54. The molecule has 0 unspecified atom stereocenters. The van der Waals surface area contributed by atoms with Gasteiger partial charge < -0.3 is 5.11 Å². The van der Waals surface area contributed by atoms with Gasteiger partial charge in [-0.15, -0.1) is 22.7 Å². The second kappa shape index (κ2) is 8.50. The number of fused-ring (bicyclic) bond motifs is 2. The lowest BCUT2D eigenvalue weighted by Crippen LogP contribution is -1.74. The van der Waals surface area contributed by atoms with Crippen molar-refractivity contribution in [3.8, 4) is 0 Å². The van der Waals surface area contributed by atoms with Crippen molar-refractivity contribution < 1.29 is 13.9 Å². The van der Waals surface area contributed by atoms with Gasteiger partial charge in [0.25, 0.3) is 0 Å². The monoisotopic (exact) mass is 494 g/mol. The summed E-state index contributed by atoms with van der Waals surface area (Å²) in [4.78, 5) is 1.81. The molecule has 0 aliphatic carbocycles. The van der Waals surface area contributed by atoms with Crippen molar-refractivity contribution in [1.82, 2.24) is 0 Å². The van der Waals surface area contributed by atoms with E-state index in [2.05, 4.69) is 15.9 Å². The third-order valence-electron chi connectivity index (χ3n) is 3.55. The molecule has 0 aliphatic rings. The first-order valence-electron chi connectivity index (χ1n) is 7.34. The summed E-state index contributed by atoms with van der Waals surface area (Å²) in [5.41, 5.74) is 0. The zero-order chi connectivity index (χ0) is 18.8. The number of aliphatic hydroxyl groups is 1. The van der Waals surface area contributed by atoms with Crippen molar-refractivity contribution in [1.29, 1.82) is 0 Å². The van der Waals surface area contributed by atoms with Crippen LogP contribution < -0.4 is 0 Å². The van der Waals surface area contributed by atoms with Gasteiger partial charge in [-0.1, -0.05) is 39.1 Å². The highest BCUT2D eigenvalue weighted by Gasteiger charge is 2.09. The average molecular weight is 496 g/mol. The molecule has 1 nitrogen and oxygen atoms in total. The van der Waals surface area contributed by atoms with Crippen LogP contribution in [-0.4, -0.2) is 5.11 Å². The average Bonchev–Trinajstić information content (AvgIpc) is 3.27. The molecular weight excluding hydrogens is 485 g/mol. The van der Waals surface area contributed by atoms with E-state index < -0.39 is 0 Å². The Balaban J connectivity index is 0.000000151. The van der Waals surface area contributed by atoms with Gasteiger partial charge in [0.05, 0.1) is 26.1 Å². The fourth-order valence-electron chi connectivity index (χ4n) is 2.36. The molecule has 136 valence electrons. The van der Waals surface area contributed by atoms with E-state index >= 15 is 0 Å². The zero-order valence-corrected chi connectivity index (χ0v) is 17.8. The van der Waals surface area contributed by atoms with Crippen molar-refractivity contribution >= 4 is 82.0 Å². The quantitative estimate of drug-likeness (QED) is 0.281. The van der Waals surface area contributed by atoms with Crippen LogP contribution in [-0.2, 0) is 11.9 Å². The van der Waals surface area contributed by atoms with E-state index in [0.29, 0.717) is 25.5 Å². The highest BCUT2D eigenvalue weighted by molar-refractivity contribution is 9.08. The topological polar surface area (TPSA) is 20.2 Å². The predicted octanol–water partition coefficient (Wildman–Crippen LogP) is 7.77. The first-order chi connectivity index (χ1) is 12.4. The molecule has 4 rings (SSSR count). The summed E-state index contributed by atoms with van der Waals surface area (Å²) in [5.74, 6) is -0.502. The maximum absolute atomic E-state index is 13.2. The Labute approximate surface area is 174 Å². The summed E-state index contributed by atoms with van der Waals surface area (Å²) in [7, 11) is 0. The molecule has 0 amide bonds.